The highest BCUT2D eigenvalue weighted by molar-refractivity contribution is 6.32. The van der Waals surface area contributed by atoms with Gasteiger partial charge < -0.3 is 20.7 Å². The predicted octanol–water partition coefficient (Wildman–Crippen LogP) is 1.71. The molecule has 0 spiro atoms. The fraction of sp³-hybridized carbons (Fsp3) is 0.263. The molecule has 0 bridgehead atoms. The minimum absolute atomic E-state index is 0.143. The number of benzene rings is 2. The Balaban J connectivity index is 2.04. The highest BCUT2D eigenvalue weighted by atomic mass is 16.5. The molecule has 0 saturated carbocycles. The summed E-state index contributed by atoms with van der Waals surface area (Å²) in [6.45, 7) is 1.18. The highest BCUT2D eigenvalue weighted by Gasteiger charge is 2.34. The number of hydrogen-bond acceptors (Lipinski definition) is 5. The number of hydrogen-bond donors (Lipinski definition) is 2. The van der Waals surface area contributed by atoms with Crippen molar-refractivity contribution in [1.29, 1.82) is 0 Å². The van der Waals surface area contributed by atoms with Crippen molar-refractivity contribution in [3.8, 4) is 5.75 Å². The highest BCUT2D eigenvalue weighted by Crippen LogP contribution is 2.39. The first-order chi connectivity index (χ1) is 11.7. The summed E-state index contributed by atoms with van der Waals surface area (Å²) < 4.78 is 6.47. The number of likely N-dealkylation sites (N-methyl/N-ethyl adjacent to an activating group) is 1. The van der Waals surface area contributed by atoms with Crippen molar-refractivity contribution in [3.63, 3.8) is 0 Å². The third-order valence-corrected chi connectivity index (χ3v) is 4.25. The van der Waals surface area contributed by atoms with Crippen molar-refractivity contribution in [3.05, 3.63) is 52.6 Å². The van der Waals surface area contributed by atoms with E-state index in [0.29, 0.717) is 23.5 Å². The maximum absolute atomic E-state index is 12.9. The zero-order valence-electron chi connectivity index (χ0n) is 14.6. The Morgan fingerprint density at radius 1 is 0.960 bits per heavy atom. The van der Waals surface area contributed by atoms with Crippen molar-refractivity contribution >= 4 is 22.9 Å². The van der Waals surface area contributed by atoms with Crippen LogP contribution in [0.2, 0.25) is 0 Å². The van der Waals surface area contributed by atoms with Gasteiger partial charge in [-0.2, -0.15) is 0 Å². The van der Waals surface area contributed by atoms with Gasteiger partial charge in [-0.15, -0.1) is 0 Å². The second kappa shape index (κ2) is 5.89. The fourth-order valence-corrected chi connectivity index (χ4v) is 2.87. The summed E-state index contributed by atoms with van der Waals surface area (Å²) >= 11 is 0. The number of nitrogens with zero attached hydrogens (tertiary/aromatic N) is 1. The number of nitrogens with two attached hydrogens (primary N) is 2. The van der Waals surface area contributed by atoms with Crippen LogP contribution in [0.25, 0.3) is 0 Å². The molecule has 0 heterocycles. The van der Waals surface area contributed by atoms with E-state index in [1.54, 1.807) is 24.3 Å². The molecule has 0 radical (unpaired) electrons. The smallest absolute Gasteiger partial charge is 0.196 e. The van der Waals surface area contributed by atoms with Crippen LogP contribution in [0.1, 0.15) is 31.8 Å². The maximum atomic E-state index is 12.9. The van der Waals surface area contributed by atoms with Crippen molar-refractivity contribution < 1.29 is 18.8 Å². The van der Waals surface area contributed by atoms with Gasteiger partial charge in [-0.25, -0.2) is 0 Å². The third-order valence-electron chi connectivity index (χ3n) is 4.25. The summed E-state index contributed by atoms with van der Waals surface area (Å²) in [5.41, 5.74) is 13.6. The number of rotatable bonds is 4. The summed E-state index contributed by atoms with van der Waals surface area (Å²) in [5.74, 6) is -0.246. The Bertz CT molecular complexity index is 882. The Labute approximate surface area is 146 Å². The first-order valence-corrected chi connectivity index (χ1v) is 8.04. The van der Waals surface area contributed by atoms with E-state index >= 15 is 0 Å². The topological polar surface area (TPSA) is 95.4 Å². The van der Waals surface area contributed by atoms with Crippen LogP contribution < -0.4 is 16.2 Å². The molecule has 0 saturated heterocycles. The number of nitrogen functional groups attached to an aromatic ring is 2. The number of quaternary nitrogens is 1. The van der Waals surface area contributed by atoms with Crippen LogP contribution in [0.15, 0.2) is 30.3 Å². The molecule has 0 amide bonds. The van der Waals surface area contributed by atoms with Gasteiger partial charge in [-0.3, -0.25) is 9.59 Å². The predicted molar refractivity (Wildman–Crippen MR) is 97.0 cm³/mol. The van der Waals surface area contributed by atoms with Crippen LogP contribution in [0.3, 0.4) is 0 Å². The molecular formula is C19H22N3O3+. The first kappa shape index (κ1) is 17.0. The molecule has 0 fully saturated rings. The van der Waals surface area contributed by atoms with Gasteiger partial charge in [0.1, 0.15) is 18.9 Å². The van der Waals surface area contributed by atoms with Crippen LogP contribution in [0, 0.1) is 0 Å². The average Bonchev–Trinajstić information content (AvgIpc) is 2.54. The summed E-state index contributed by atoms with van der Waals surface area (Å²) in [6.07, 6.45) is 0. The molecule has 1 aliphatic carbocycles. The van der Waals surface area contributed by atoms with E-state index in [1.165, 1.54) is 6.07 Å². The molecule has 2 aromatic carbocycles. The van der Waals surface area contributed by atoms with Gasteiger partial charge >= 0.3 is 0 Å². The number of carbonyl (C=O) groups excluding carboxylic acids is 2. The van der Waals surface area contributed by atoms with Crippen molar-refractivity contribution in [1.82, 2.24) is 0 Å². The van der Waals surface area contributed by atoms with Gasteiger partial charge in [0.2, 0.25) is 0 Å². The van der Waals surface area contributed by atoms with Crippen LogP contribution in [0.4, 0.5) is 11.4 Å². The zero-order chi connectivity index (χ0) is 18.4. The fourth-order valence-electron chi connectivity index (χ4n) is 2.87. The van der Waals surface area contributed by atoms with E-state index in [9.17, 15) is 9.59 Å². The quantitative estimate of drug-likeness (QED) is 0.557. The zero-order valence-corrected chi connectivity index (χ0v) is 14.6. The van der Waals surface area contributed by atoms with Gasteiger partial charge in [0.25, 0.3) is 0 Å². The number of ether oxygens (including phenoxy) is 1. The van der Waals surface area contributed by atoms with Crippen molar-refractivity contribution in [2.75, 3.05) is 45.8 Å². The minimum Gasteiger partial charge on any atom is -0.485 e. The van der Waals surface area contributed by atoms with E-state index in [0.717, 1.165) is 11.0 Å². The van der Waals surface area contributed by atoms with E-state index < -0.39 is 0 Å². The molecule has 2 aromatic rings. The lowest BCUT2D eigenvalue weighted by molar-refractivity contribution is -0.870. The average molecular weight is 340 g/mol. The standard InChI is InChI=1S/C19H21N3O3/c1-22(2,3)8-9-25-14-10-13(20)15-16(17(14)21)19(24)12-7-5-4-6-11(12)18(15)23/h4-7,10H,8-9H2,1-3H3,(H3-,20,21,23,24)/p+1. The van der Waals surface area contributed by atoms with Gasteiger partial charge in [-0.1, -0.05) is 24.3 Å². The van der Waals surface area contributed by atoms with E-state index in [4.69, 9.17) is 16.2 Å². The lowest BCUT2D eigenvalue weighted by atomic mass is 9.82. The third kappa shape index (κ3) is 2.96. The minimum atomic E-state index is -0.300. The lowest BCUT2D eigenvalue weighted by Crippen LogP contribution is -2.38. The molecule has 130 valence electrons. The molecule has 0 atom stereocenters. The normalized spacial score (nSPS) is 13.4. The Kier molecular flexibility index (Phi) is 4.00. The van der Waals surface area contributed by atoms with Gasteiger partial charge in [0, 0.05) is 22.9 Å². The number of anilines is 2. The van der Waals surface area contributed by atoms with Gasteiger partial charge in [-0.05, 0) is 0 Å². The Hall–Kier alpha value is -2.86. The van der Waals surface area contributed by atoms with Crippen molar-refractivity contribution in [2.45, 2.75) is 0 Å². The maximum Gasteiger partial charge on any atom is 0.196 e. The summed E-state index contributed by atoms with van der Waals surface area (Å²) in [6, 6.07) is 8.22. The second-order valence-corrected chi connectivity index (χ2v) is 7.19. The number of carbonyl (C=O) groups is 2. The van der Waals surface area contributed by atoms with Crippen LogP contribution in [-0.4, -0.2) is 50.3 Å². The summed E-state index contributed by atoms with van der Waals surface area (Å²) in [4.78, 5) is 25.6. The molecule has 0 aromatic heterocycles. The molecule has 0 unspecified atom stereocenters. The second-order valence-electron chi connectivity index (χ2n) is 7.19. The summed E-state index contributed by atoms with van der Waals surface area (Å²) in [7, 11) is 6.15. The molecule has 1 aliphatic rings. The molecule has 6 heteroatoms. The summed E-state index contributed by atoms with van der Waals surface area (Å²) in [5, 5.41) is 0. The SMILES string of the molecule is C[N+](C)(C)CCOc1cc(N)c2c(c1N)C(=O)c1ccccc1C2=O. The van der Waals surface area contributed by atoms with Crippen LogP contribution >= 0.6 is 0 Å². The Morgan fingerprint density at radius 2 is 1.52 bits per heavy atom. The molecule has 6 nitrogen and oxygen atoms in total. The lowest BCUT2D eigenvalue weighted by Gasteiger charge is -2.25. The molecule has 0 aliphatic heterocycles. The van der Waals surface area contributed by atoms with E-state index in [2.05, 4.69) is 0 Å². The van der Waals surface area contributed by atoms with E-state index in [-0.39, 0.29) is 34.1 Å². The van der Waals surface area contributed by atoms with Crippen molar-refractivity contribution in [2.24, 2.45) is 0 Å². The monoisotopic (exact) mass is 340 g/mol. The van der Waals surface area contributed by atoms with E-state index in [1.807, 2.05) is 21.1 Å². The Morgan fingerprint density at radius 3 is 2.08 bits per heavy atom. The van der Waals surface area contributed by atoms with Crippen LogP contribution in [-0.2, 0) is 0 Å². The molecule has 4 N–H and O–H groups in total. The molecular weight excluding hydrogens is 318 g/mol. The largest absolute Gasteiger partial charge is 0.485 e. The van der Waals surface area contributed by atoms with Crippen LogP contribution in [0.5, 0.6) is 5.75 Å². The molecule has 3 rings (SSSR count). The number of fused-ring (bicyclic) bond motifs is 2. The van der Waals surface area contributed by atoms with Gasteiger partial charge in [0.05, 0.1) is 38.0 Å². The molecule has 25 heavy (non-hydrogen) atoms. The first-order valence-electron chi connectivity index (χ1n) is 8.04. The van der Waals surface area contributed by atoms with Gasteiger partial charge in [0.15, 0.2) is 11.6 Å². The number of ketones is 2.